The van der Waals surface area contributed by atoms with Crippen molar-refractivity contribution in [3.05, 3.63) is 27.8 Å². The number of methoxy groups -OCH3 is 1. The minimum absolute atomic E-state index is 0.0510. The van der Waals surface area contributed by atoms with E-state index in [1.54, 1.807) is 0 Å². The van der Waals surface area contributed by atoms with Crippen molar-refractivity contribution in [1.29, 1.82) is 0 Å². The highest BCUT2D eigenvalue weighted by Crippen LogP contribution is 2.64. The Kier molecular flexibility index (Phi) is 8.14. The van der Waals surface area contributed by atoms with Crippen molar-refractivity contribution in [1.82, 2.24) is 0 Å². The van der Waals surface area contributed by atoms with Gasteiger partial charge in [-0.1, -0.05) is 0 Å². The van der Waals surface area contributed by atoms with Crippen molar-refractivity contribution in [3.8, 4) is 11.5 Å². The van der Waals surface area contributed by atoms with Gasteiger partial charge in [0.2, 0.25) is 0 Å². The summed E-state index contributed by atoms with van der Waals surface area (Å²) in [6, 6.07) is -0.384. The van der Waals surface area contributed by atoms with Gasteiger partial charge in [0.1, 0.15) is 0 Å². The first-order valence-corrected chi connectivity index (χ1v) is 8.75. The van der Waals surface area contributed by atoms with Gasteiger partial charge in [-0.2, -0.15) is 74.6 Å². The zero-order chi connectivity index (χ0) is 31.4. The fourth-order valence-corrected chi connectivity index (χ4v) is 2.41. The zero-order valence-corrected chi connectivity index (χ0v) is 17.6. The van der Waals surface area contributed by atoms with E-state index in [1.807, 2.05) is 0 Å². The largest absolute Gasteiger partial charge is 0.493 e. The molecular weight excluding hydrogens is 609 g/mol. The number of nitro benzene ring substituents is 1. The fourth-order valence-electron chi connectivity index (χ4n) is 2.41. The summed E-state index contributed by atoms with van der Waals surface area (Å²) in [6.07, 6.45) is -15.6. The van der Waals surface area contributed by atoms with Crippen LogP contribution in [0.3, 0.4) is 0 Å². The fraction of sp³-hybridized carbons (Fsp3) is 0.562. The van der Waals surface area contributed by atoms with E-state index in [0.717, 1.165) is 0 Å². The van der Waals surface area contributed by atoms with E-state index < -0.39 is 81.6 Å². The molecule has 0 aromatic heterocycles. The van der Waals surface area contributed by atoms with Crippen LogP contribution in [0.15, 0.2) is 12.1 Å². The molecule has 0 aliphatic carbocycles. The summed E-state index contributed by atoms with van der Waals surface area (Å²) in [7, 11) is 0.422. The molecule has 6 nitrogen and oxygen atoms in total. The molecule has 1 aromatic rings. The van der Waals surface area contributed by atoms with Gasteiger partial charge in [-0.25, -0.2) is 0 Å². The number of aldehydes is 1. The minimum atomic E-state index is -8.83. The molecule has 0 saturated heterocycles. The molecule has 0 aliphatic heterocycles. The molecule has 0 unspecified atom stereocenters. The lowest BCUT2D eigenvalue weighted by molar-refractivity contribution is -0.471. The van der Waals surface area contributed by atoms with Crippen LogP contribution >= 0.6 is 0 Å². The molecule has 0 amide bonds. The SMILES string of the molecule is COc1cc(C=O)c([N+](=O)[O-])cc1OC(F)(F)C(F)(F)C(F)(F)C(F)(F)C(F)(F)C(F)(F)C(F)(F)C(F)(F)F. The van der Waals surface area contributed by atoms with E-state index in [9.17, 15) is 89.5 Å². The first-order chi connectivity index (χ1) is 17.0. The molecule has 0 bridgehead atoms. The second-order valence-electron chi connectivity index (χ2n) is 7.00. The van der Waals surface area contributed by atoms with Gasteiger partial charge >= 0.3 is 47.8 Å². The molecule has 0 N–H and O–H groups in total. The van der Waals surface area contributed by atoms with E-state index in [1.165, 1.54) is 0 Å². The number of halogens is 17. The highest BCUT2D eigenvalue weighted by Gasteiger charge is 2.95. The average molecular weight is 615 g/mol. The van der Waals surface area contributed by atoms with Crippen LogP contribution in [-0.4, -0.2) is 66.1 Å². The maximum atomic E-state index is 14.0. The van der Waals surface area contributed by atoms with Gasteiger partial charge in [0.15, 0.2) is 17.8 Å². The highest BCUT2D eigenvalue weighted by atomic mass is 19.4. The van der Waals surface area contributed by atoms with Crippen molar-refractivity contribution in [3.63, 3.8) is 0 Å². The van der Waals surface area contributed by atoms with E-state index in [0.29, 0.717) is 7.11 Å². The predicted molar refractivity (Wildman–Crippen MR) is 86.3 cm³/mol. The van der Waals surface area contributed by atoms with E-state index in [-0.39, 0.29) is 12.4 Å². The quantitative estimate of drug-likeness (QED) is 0.119. The van der Waals surface area contributed by atoms with E-state index in [2.05, 4.69) is 9.47 Å². The molecule has 0 fully saturated rings. The van der Waals surface area contributed by atoms with Gasteiger partial charge < -0.3 is 9.47 Å². The third-order valence-corrected chi connectivity index (χ3v) is 4.57. The van der Waals surface area contributed by atoms with Gasteiger partial charge in [-0.3, -0.25) is 14.9 Å². The summed E-state index contributed by atoms with van der Waals surface area (Å²) in [5.41, 5.74) is -2.72. The number of nitro groups is 1. The number of benzene rings is 1. The molecule has 0 atom stereocenters. The first-order valence-electron chi connectivity index (χ1n) is 8.75. The predicted octanol–water partition coefficient (Wildman–Crippen LogP) is 6.76. The number of hydrogen-bond acceptors (Lipinski definition) is 5. The molecule has 0 aliphatic rings. The smallest absolute Gasteiger partial charge is 0.471 e. The molecule has 1 aromatic carbocycles. The number of ether oxygens (including phenoxy) is 2. The molecule has 39 heavy (non-hydrogen) atoms. The zero-order valence-electron chi connectivity index (χ0n) is 17.6. The average Bonchev–Trinajstić information content (AvgIpc) is 2.76. The molecule has 0 radical (unpaired) electrons. The second-order valence-corrected chi connectivity index (χ2v) is 7.00. The summed E-state index contributed by atoms with van der Waals surface area (Å²) in [5.74, 6) is -55.1. The Morgan fingerprint density at radius 2 is 1.05 bits per heavy atom. The van der Waals surface area contributed by atoms with Crippen molar-refractivity contribution < 1.29 is 93.8 Å². The number of carbonyl (C=O) groups excluding carboxylic acids is 1. The monoisotopic (exact) mass is 615 g/mol. The lowest BCUT2D eigenvalue weighted by atomic mass is 9.90. The topological polar surface area (TPSA) is 78.7 Å². The summed E-state index contributed by atoms with van der Waals surface area (Å²) < 4.78 is 233. The normalized spacial score (nSPS) is 14.7. The maximum absolute atomic E-state index is 14.0. The van der Waals surface area contributed by atoms with Crippen LogP contribution in [-0.2, 0) is 0 Å². The molecule has 1 rings (SSSR count). The van der Waals surface area contributed by atoms with Crippen molar-refractivity contribution >= 4 is 12.0 Å². The number of hydrogen-bond donors (Lipinski definition) is 0. The Morgan fingerprint density at radius 3 is 1.38 bits per heavy atom. The summed E-state index contributed by atoms with van der Waals surface area (Å²) >= 11 is 0. The van der Waals surface area contributed by atoms with Crippen molar-refractivity contribution in [2.45, 2.75) is 47.8 Å². The molecular formula is C16H6F17NO5. The number of nitrogens with zero attached hydrogens (tertiary/aromatic N) is 1. The third kappa shape index (κ3) is 4.72. The Balaban J connectivity index is 3.76. The van der Waals surface area contributed by atoms with Crippen molar-refractivity contribution in [2.24, 2.45) is 0 Å². The molecule has 0 saturated carbocycles. The van der Waals surface area contributed by atoms with Crippen LogP contribution in [0.2, 0.25) is 0 Å². The molecule has 0 heterocycles. The highest BCUT2D eigenvalue weighted by molar-refractivity contribution is 5.83. The standard InChI is InChI=1S/C16H6F17NO5/c1-38-7-2-5(4-35)6(34(36)37)3-8(7)39-16(32,33)14(27,28)12(23,24)10(19,20)9(17,18)11(21,22)13(25,26)15(29,30)31/h2-4H,1H3. The van der Waals surface area contributed by atoms with Crippen molar-refractivity contribution in [2.75, 3.05) is 7.11 Å². The summed E-state index contributed by atoms with van der Waals surface area (Å²) in [6.45, 7) is 0. The summed E-state index contributed by atoms with van der Waals surface area (Å²) in [5, 5.41) is 10.8. The number of alkyl halides is 17. The third-order valence-electron chi connectivity index (χ3n) is 4.57. The van der Waals surface area contributed by atoms with Crippen LogP contribution in [0.5, 0.6) is 11.5 Å². The van der Waals surface area contributed by atoms with Crippen LogP contribution in [0.1, 0.15) is 10.4 Å². The van der Waals surface area contributed by atoms with E-state index in [4.69, 9.17) is 0 Å². The second kappa shape index (κ2) is 9.41. The van der Waals surface area contributed by atoms with Crippen LogP contribution < -0.4 is 9.47 Å². The van der Waals surface area contributed by atoms with Gasteiger partial charge in [0.25, 0.3) is 5.69 Å². The number of rotatable bonds is 11. The molecule has 224 valence electrons. The number of carbonyl (C=O) groups is 1. The lowest BCUT2D eigenvalue weighted by Gasteiger charge is -2.42. The Hall–Kier alpha value is -3.30. The Bertz CT molecular complexity index is 1120. The van der Waals surface area contributed by atoms with Gasteiger partial charge in [-0.15, -0.1) is 0 Å². The molecule has 23 heteroatoms. The first kappa shape index (κ1) is 33.7. The molecule has 0 spiro atoms. The Morgan fingerprint density at radius 1 is 0.667 bits per heavy atom. The van der Waals surface area contributed by atoms with Crippen LogP contribution in [0.25, 0.3) is 0 Å². The van der Waals surface area contributed by atoms with Gasteiger partial charge in [0.05, 0.1) is 23.7 Å². The Labute approximate surface area is 201 Å². The lowest BCUT2D eigenvalue weighted by Crippen LogP contribution is -2.74. The minimum Gasteiger partial charge on any atom is -0.493 e. The maximum Gasteiger partial charge on any atom is 0.471 e. The van der Waals surface area contributed by atoms with Crippen LogP contribution in [0, 0.1) is 10.1 Å². The van der Waals surface area contributed by atoms with Gasteiger partial charge in [-0.05, 0) is 0 Å². The summed E-state index contributed by atoms with van der Waals surface area (Å²) in [4.78, 5) is 20.0. The van der Waals surface area contributed by atoms with Crippen LogP contribution in [0.4, 0.5) is 80.3 Å². The van der Waals surface area contributed by atoms with E-state index >= 15 is 0 Å². The van der Waals surface area contributed by atoms with Gasteiger partial charge in [0, 0.05) is 6.07 Å².